The minimum Gasteiger partial charge on any atom is -0.506 e. The van der Waals surface area contributed by atoms with Gasteiger partial charge in [-0.15, -0.1) is 0 Å². The Hall–Kier alpha value is -4.34. The molecule has 0 saturated heterocycles. The van der Waals surface area contributed by atoms with E-state index in [4.69, 9.17) is 9.84 Å². The Bertz CT molecular complexity index is 1170. The Morgan fingerprint density at radius 3 is 2.45 bits per heavy atom. The van der Waals surface area contributed by atoms with Gasteiger partial charge < -0.3 is 25.4 Å². The van der Waals surface area contributed by atoms with E-state index in [0.717, 1.165) is 16.8 Å². The molecule has 2 aromatic carbocycles. The van der Waals surface area contributed by atoms with E-state index in [1.807, 2.05) is 0 Å². The van der Waals surface area contributed by atoms with Crippen LogP contribution in [0.25, 0.3) is 5.69 Å². The van der Waals surface area contributed by atoms with E-state index < -0.39 is 34.6 Å². The number of hydrogen-bond acceptors (Lipinski definition) is 7. The van der Waals surface area contributed by atoms with Crippen LogP contribution in [0.3, 0.4) is 0 Å². The van der Waals surface area contributed by atoms with Gasteiger partial charge in [0.2, 0.25) is 0 Å². The summed E-state index contributed by atoms with van der Waals surface area (Å²) in [6, 6.07) is 10.6. The first-order valence-electron chi connectivity index (χ1n) is 8.16. The number of para-hydroxylation sites is 2. The van der Waals surface area contributed by atoms with Gasteiger partial charge >= 0.3 is 5.97 Å². The van der Waals surface area contributed by atoms with Crippen molar-refractivity contribution in [2.45, 2.75) is 0 Å². The van der Waals surface area contributed by atoms with Crippen molar-refractivity contribution in [1.82, 2.24) is 9.78 Å². The van der Waals surface area contributed by atoms with Gasteiger partial charge in [0.1, 0.15) is 17.2 Å². The number of hydrogen-bond donors (Lipinski definition) is 4. The number of nitrogens with one attached hydrogen (secondary N) is 1. The Morgan fingerprint density at radius 2 is 1.79 bits per heavy atom. The highest BCUT2D eigenvalue weighted by Gasteiger charge is 2.20. The molecule has 10 heteroatoms. The van der Waals surface area contributed by atoms with Gasteiger partial charge in [-0.3, -0.25) is 9.59 Å². The topological polar surface area (TPSA) is 151 Å². The van der Waals surface area contributed by atoms with Crippen LogP contribution in [0, 0.1) is 0 Å². The number of carbonyl (C=O) groups excluding carboxylic acids is 1. The van der Waals surface area contributed by atoms with E-state index in [0.29, 0.717) is 5.75 Å². The van der Waals surface area contributed by atoms with Crippen molar-refractivity contribution in [2.75, 3.05) is 12.4 Å². The van der Waals surface area contributed by atoms with Crippen LogP contribution in [0.4, 0.5) is 5.69 Å². The summed E-state index contributed by atoms with van der Waals surface area (Å²) >= 11 is 0. The molecule has 3 aromatic rings. The normalized spacial score (nSPS) is 10.4. The minimum atomic E-state index is -1.25. The zero-order valence-corrected chi connectivity index (χ0v) is 15.0. The van der Waals surface area contributed by atoms with Crippen molar-refractivity contribution in [3.63, 3.8) is 0 Å². The molecule has 1 aromatic heterocycles. The number of rotatable bonds is 5. The van der Waals surface area contributed by atoms with E-state index >= 15 is 0 Å². The molecule has 0 fully saturated rings. The fourth-order valence-corrected chi connectivity index (χ4v) is 2.54. The number of benzene rings is 2. The molecule has 0 spiro atoms. The highest BCUT2D eigenvalue weighted by atomic mass is 16.5. The molecule has 0 unspecified atom stereocenters. The number of phenolic OH excluding ortho intramolecular Hbond substituents is 1. The lowest BCUT2D eigenvalue weighted by Crippen LogP contribution is -2.25. The molecule has 1 heterocycles. The van der Waals surface area contributed by atoms with Crippen molar-refractivity contribution < 1.29 is 29.6 Å². The molecular formula is C19H15N3O7. The Morgan fingerprint density at radius 1 is 1.07 bits per heavy atom. The number of carbonyl (C=O) groups is 2. The number of methoxy groups -OCH3 is 1. The molecule has 0 aliphatic rings. The second-order valence-corrected chi connectivity index (χ2v) is 5.79. The third kappa shape index (κ3) is 3.86. The minimum absolute atomic E-state index is 0.101. The zero-order chi connectivity index (χ0) is 21.1. The fraction of sp³-hybridized carbons (Fsp3) is 0.0526. The number of aromatic nitrogens is 2. The summed E-state index contributed by atoms with van der Waals surface area (Å²) in [7, 11) is 1.40. The highest BCUT2D eigenvalue weighted by Crippen LogP contribution is 2.26. The van der Waals surface area contributed by atoms with Crippen LogP contribution in [0.2, 0.25) is 0 Å². The van der Waals surface area contributed by atoms with Crippen LogP contribution in [-0.2, 0) is 0 Å². The molecule has 0 saturated carbocycles. The van der Waals surface area contributed by atoms with Gasteiger partial charge in [0.05, 0.1) is 18.4 Å². The summed E-state index contributed by atoms with van der Waals surface area (Å²) in [5.41, 5.74) is -1.21. The largest absolute Gasteiger partial charge is 0.506 e. The van der Waals surface area contributed by atoms with Crippen LogP contribution in [0.5, 0.6) is 17.2 Å². The number of amides is 1. The quantitative estimate of drug-likeness (QED) is 0.474. The predicted molar refractivity (Wildman–Crippen MR) is 101 cm³/mol. The molecule has 29 heavy (non-hydrogen) atoms. The number of nitrogens with zero attached hydrogens (tertiary/aromatic N) is 2. The first-order valence-corrected chi connectivity index (χ1v) is 8.16. The molecule has 0 atom stereocenters. The summed E-state index contributed by atoms with van der Waals surface area (Å²) in [6.07, 6.45) is 0. The summed E-state index contributed by atoms with van der Waals surface area (Å²) in [6.45, 7) is 0. The second-order valence-electron chi connectivity index (χ2n) is 5.79. The van der Waals surface area contributed by atoms with Crippen LogP contribution >= 0.6 is 0 Å². The maximum atomic E-state index is 12.5. The number of anilines is 1. The Labute approximate surface area is 163 Å². The molecule has 4 N–H and O–H groups in total. The average molecular weight is 397 g/mol. The third-order valence-corrected chi connectivity index (χ3v) is 3.93. The molecule has 148 valence electrons. The van der Waals surface area contributed by atoms with E-state index in [1.54, 1.807) is 24.3 Å². The molecular weight excluding hydrogens is 382 g/mol. The van der Waals surface area contributed by atoms with Crippen molar-refractivity contribution in [2.24, 2.45) is 0 Å². The van der Waals surface area contributed by atoms with Crippen molar-refractivity contribution >= 4 is 17.6 Å². The molecule has 10 nitrogen and oxygen atoms in total. The van der Waals surface area contributed by atoms with Gasteiger partial charge in [0, 0.05) is 6.07 Å². The lowest BCUT2D eigenvalue weighted by Gasteiger charge is -2.12. The van der Waals surface area contributed by atoms with Crippen molar-refractivity contribution in [3.8, 4) is 22.9 Å². The van der Waals surface area contributed by atoms with Gasteiger partial charge in [-0.1, -0.05) is 12.1 Å². The van der Waals surface area contributed by atoms with Crippen molar-refractivity contribution in [1.29, 1.82) is 0 Å². The number of phenols is 1. The molecule has 0 aliphatic heterocycles. The summed E-state index contributed by atoms with van der Waals surface area (Å²) in [5.74, 6) is -3.01. The molecule has 1 amide bonds. The number of aromatic carboxylic acids is 1. The fourth-order valence-electron chi connectivity index (χ4n) is 2.54. The number of carboxylic acids is 1. The lowest BCUT2D eigenvalue weighted by molar-refractivity contribution is 0.0696. The van der Waals surface area contributed by atoms with E-state index in [2.05, 4.69) is 10.4 Å². The van der Waals surface area contributed by atoms with Gasteiger partial charge in [0.15, 0.2) is 11.4 Å². The molecule has 0 bridgehead atoms. The van der Waals surface area contributed by atoms with E-state index in [-0.39, 0.29) is 16.9 Å². The van der Waals surface area contributed by atoms with Gasteiger partial charge in [0.25, 0.3) is 11.5 Å². The Kier molecular flexibility index (Phi) is 5.17. The van der Waals surface area contributed by atoms with Crippen LogP contribution in [-0.4, -0.2) is 44.1 Å². The Balaban J connectivity index is 2.00. The first-order chi connectivity index (χ1) is 13.8. The van der Waals surface area contributed by atoms with Crippen LogP contribution in [0.1, 0.15) is 20.8 Å². The summed E-state index contributed by atoms with van der Waals surface area (Å²) < 4.78 is 6.07. The number of aromatic hydroxyl groups is 2. The smallest absolute Gasteiger partial charge is 0.335 e. The van der Waals surface area contributed by atoms with Gasteiger partial charge in [-0.2, -0.15) is 9.78 Å². The molecule has 0 aliphatic carbocycles. The third-order valence-electron chi connectivity index (χ3n) is 3.93. The van der Waals surface area contributed by atoms with E-state index in [9.17, 15) is 24.6 Å². The molecule has 0 radical (unpaired) electrons. The number of carboxylic acid groups (broad SMARTS) is 1. The van der Waals surface area contributed by atoms with Gasteiger partial charge in [-0.05, 0) is 30.3 Å². The monoisotopic (exact) mass is 397 g/mol. The first kappa shape index (κ1) is 19.4. The standard InChI is InChI=1S/C19H15N3O7/c1-29-15-5-3-2-4-12(15)22-16(25)9-14(24)17(21-22)18(26)20-11-7-6-10(19(27)28)8-13(11)23/h2-9,23-24H,1H3,(H,20,26)(H,27,28). The average Bonchev–Trinajstić information content (AvgIpc) is 2.69. The molecule has 3 rings (SSSR count). The van der Waals surface area contributed by atoms with Crippen LogP contribution in [0.15, 0.2) is 53.3 Å². The van der Waals surface area contributed by atoms with Gasteiger partial charge in [-0.25, -0.2) is 4.79 Å². The second kappa shape index (κ2) is 7.72. The number of ether oxygens (including phenoxy) is 1. The van der Waals surface area contributed by atoms with Crippen molar-refractivity contribution in [3.05, 3.63) is 70.1 Å². The zero-order valence-electron chi connectivity index (χ0n) is 15.0. The predicted octanol–water partition coefficient (Wildman–Crippen LogP) is 1.60. The summed E-state index contributed by atoms with van der Waals surface area (Å²) in [5, 5.41) is 35.1. The van der Waals surface area contributed by atoms with E-state index in [1.165, 1.54) is 19.2 Å². The lowest BCUT2D eigenvalue weighted by atomic mass is 10.2. The maximum absolute atomic E-state index is 12.5. The van der Waals surface area contributed by atoms with Crippen LogP contribution < -0.4 is 15.6 Å². The SMILES string of the molecule is COc1ccccc1-n1nc(C(=O)Nc2ccc(C(=O)O)cc2O)c(O)cc1=O. The highest BCUT2D eigenvalue weighted by molar-refractivity contribution is 6.05. The maximum Gasteiger partial charge on any atom is 0.335 e. The summed E-state index contributed by atoms with van der Waals surface area (Å²) in [4.78, 5) is 35.7.